The second kappa shape index (κ2) is 10.7. The summed E-state index contributed by atoms with van der Waals surface area (Å²) in [7, 11) is -2.69. The van der Waals surface area contributed by atoms with Gasteiger partial charge in [-0.05, 0) is 37.8 Å². The van der Waals surface area contributed by atoms with E-state index in [2.05, 4.69) is 0 Å². The summed E-state index contributed by atoms with van der Waals surface area (Å²) in [5, 5.41) is 9.92. The van der Waals surface area contributed by atoms with Crippen LogP contribution in [0.2, 0.25) is 0 Å². The molecule has 0 aliphatic carbocycles. The van der Waals surface area contributed by atoms with E-state index < -0.39 is 50.1 Å². The Hall–Kier alpha value is -3.37. The van der Waals surface area contributed by atoms with E-state index >= 15 is 0 Å². The Labute approximate surface area is 229 Å². The van der Waals surface area contributed by atoms with Crippen molar-refractivity contribution < 1.29 is 33.8 Å². The van der Waals surface area contributed by atoms with E-state index in [4.69, 9.17) is 9.47 Å². The molecule has 3 heterocycles. The number of nitrogens with zero attached hydrogens (tertiary/aromatic N) is 2. The lowest BCUT2D eigenvalue weighted by Crippen LogP contribution is -2.57. The van der Waals surface area contributed by atoms with Gasteiger partial charge in [-0.15, -0.1) is 10.0 Å². The zero-order valence-corrected chi connectivity index (χ0v) is 23.0. The maximum absolute atomic E-state index is 14.4. The number of aliphatic hydroxyl groups excluding tert-OH is 1. The van der Waals surface area contributed by atoms with E-state index in [0.29, 0.717) is 19.4 Å². The molecule has 5 rings (SSSR count). The van der Waals surface area contributed by atoms with E-state index in [9.17, 15) is 24.3 Å². The first-order chi connectivity index (χ1) is 18.7. The zero-order chi connectivity index (χ0) is 27.8. The fourth-order valence-corrected chi connectivity index (χ4v) is 10.3. The predicted octanol–water partition coefficient (Wildman–Crippen LogP) is 3.53. The van der Waals surface area contributed by atoms with Gasteiger partial charge in [0.15, 0.2) is 0 Å². The van der Waals surface area contributed by atoms with Crippen LogP contribution in [0.3, 0.4) is 0 Å². The van der Waals surface area contributed by atoms with Crippen LogP contribution < -0.4 is 0 Å². The van der Waals surface area contributed by atoms with Crippen molar-refractivity contribution in [1.82, 2.24) is 9.80 Å². The fourth-order valence-electron chi connectivity index (χ4n) is 6.05. The van der Waals surface area contributed by atoms with Crippen molar-refractivity contribution in [2.75, 3.05) is 12.5 Å². The number of esters is 2. The first-order valence-corrected chi connectivity index (χ1v) is 15.0. The molecule has 2 aromatic rings. The number of carbonyl (C=O) groups excluding carboxylic acids is 4. The number of ether oxygens (including phenoxy) is 2. The summed E-state index contributed by atoms with van der Waals surface area (Å²) >= 11 is 0. The molecule has 9 nitrogen and oxygen atoms in total. The average Bonchev–Trinajstić information content (AvgIpc) is 3.49. The van der Waals surface area contributed by atoms with Crippen molar-refractivity contribution in [2.24, 2.45) is 0 Å². The van der Waals surface area contributed by atoms with Crippen LogP contribution >= 0.6 is 10.0 Å². The number of rotatable bonds is 7. The fraction of sp³-hybridized carbons (Fsp3) is 0.448. The molecule has 0 bridgehead atoms. The Kier molecular flexibility index (Phi) is 7.43. The molecule has 0 saturated carbocycles. The molecule has 208 valence electrons. The summed E-state index contributed by atoms with van der Waals surface area (Å²) < 4.78 is 10.1. The number of aliphatic hydroxyl groups is 1. The highest BCUT2D eigenvalue weighted by Gasteiger charge is 2.72. The molecule has 4 atom stereocenters. The van der Waals surface area contributed by atoms with Gasteiger partial charge in [0.2, 0.25) is 5.91 Å². The van der Waals surface area contributed by atoms with Gasteiger partial charge in [-0.1, -0.05) is 60.7 Å². The Morgan fingerprint density at radius 2 is 1.51 bits per heavy atom. The minimum Gasteiger partial charge on any atom is -0.459 e. The van der Waals surface area contributed by atoms with Crippen molar-refractivity contribution in [3.63, 3.8) is 0 Å². The molecule has 10 heteroatoms. The summed E-state index contributed by atoms with van der Waals surface area (Å²) in [5.41, 5.74) is 1.65. The second-order valence-corrected chi connectivity index (χ2v) is 14.5. The summed E-state index contributed by atoms with van der Waals surface area (Å²) in [6, 6.07) is 16.7. The molecule has 3 aliphatic rings. The van der Waals surface area contributed by atoms with Crippen LogP contribution in [0.5, 0.6) is 0 Å². The summed E-state index contributed by atoms with van der Waals surface area (Å²) in [5.74, 6) is -1.82. The van der Waals surface area contributed by atoms with E-state index in [0.717, 1.165) is 11.1 Å². The summed E-state index contributed by atoms with van der Waals surface area (Å²) in [4.78, 5) is 56.6. The van der Waals surface area contributed by atoms with Crippen LogP contribution in [-0.4, -0.2) is 72.7 Å². The molecular weight excluding hydrogens is 520 g/mol. The highest BCUT2D eigenvalue weighted by Crippen LogP contribution is 2.74. The standard InChI is InChI=1S/C29H34N2O7S/c1-29(2)25(27(35)38-18-21-12-7-4-8-13-21)31-23(33)16-24(31)39(29,19-32)28(36)30-15-9-14-22(30)26(34)37-17-20-10-5-3-6-11-20/h3-8,10-13,22,24-25,32H,9,14-19H2,1-2H3/t22?,24-,25+/m1/s1. The van der Waals surface area contributed by atoms with E-state index in [1.165, 1.54) is 9.80 Å². The molecule has 39 heavy (non-hydrogen) atoms. The van der Waals surface area contributed by atoms with E-state index in [-0.39, 0.29) is 30.8 Å². The van der Waals surface area contributed by atoms with Crippen molar-refractivity contribution in [2.45, 2.75) is 68.5 Å². The summed E-state index contributed by atoms with van der Waals surface area (Å²) in [6.07, 6.45) is 1.15. The Morgan fingerprint density at radius 3 is 2.05 bits per heavy atom. The molecule has 0 radical (unpaired) electrons. The SMILES string of the molecule is CC1(C)[C@H](C(=O)OCc2ccccc2)N2C(=O)C[C@H]2S1(CO)C(=O)N1CCCC1C(=O)OCc1ccccc1. The van der Waals surface area contributed by atoms with Gasteiger partial charge < -0.3 is 24.4 Å². The van der Waals surface area contributed by atoms with Crippen LogP contribution in [0.4, 0.5) is 4.79 Å². The minimum absolute atomic E-state index is 0.0375. The topological polar surface area (TPSA) is 113 Å². The third-order valence-electron chi connectivity index (χ3n) is 8.23. The zero-order valence-electron chi connectivity index (χ0n) is 22.2. The predicted molar refractivity (Wildman–Crippen MR) is 145 cm³/mol. The lowest BCUT2D eigenvalue weighted by atomic mass is 9.98. The first-order valence-electron chi connectivity index (χ1n) is 13.2. The Balaban J connectivity index is 1.37. The number of benzene rings is 2. The summed E-state index contributed by atoms with van der Waals surface area (Å²) in [6.45, 7) is 4.00. The molecule has 3 aliphatic heterocycles. The molecule has 0 aromatic heterocycles. The molecule has 2 aromatic carbocycles. The molecule has 1 N–H and O–H groups in total. The number of carbonyl (C=O) groups is 4. The number of fused-ring (bicyclic) bond motifs is 1. The van der Waals surface area contributed by atoms with Gasteiger partial charge in [0.1, 0.15) is 25.3 Å². The van der Waals surface area contributed by atoms with Crippen molar-refractivity contribution in [3.8, 4) is 0 Å². The van der Waals surface area contributed by atoms with Crippen molar-refractivity contribution >= 4 is 33.1 Å². The second-order valence-electron chi connectivity index (χ2n) is 10.7. The van der Waals surface area contributed by atoms with Crippen LogP contribution in [0.15, 0.2) is 60.7 Å². The third-order valence-corrected chi connectivity index (χ3v) is 12.9. The van der Waals surface area contributed by atoms with Crippen LogP contribution in [0, 0.1) is 0 Å². The number of β-lactam (4-membered cyclic amide) rings is 1. The lowest BCUT2D eigenvalue weighted by molar-refractivity contribution is -0.162. The maximum atomic E-state index is 14.4. The highest BCUT2D eigenvalue weighted by atomic mass is 32.3. The largest absolute Gasteiger partial charge is 0.459 e. The molecule has 3 saturated heterocycles. The van der Waals surface area contributed by atoms with Gasteiger partial charge in [-0.25, -0.2) is 9.59 Å². The lowest BCUT2D eigenvalue weighted by Gasteiger charge is -2.51. The molecule has 2 unspecified atom stereocenters. The number of amides is 2. The van der Waals surface area contributed by atoms with Crippen molar-refractivity contribution in [3.05, 3.63) is 71.8 Å². The Bertz CT molecular complexity index is 1250. The quantitative estimate of drug-likeness (QED) is 0.412. The minimum atomic E-state index is -2.69. The van der Waals surface area contributed by atoms with Gasteiger partial charge in [-0.3, -0.25) is 9.59 Å². The smallest absolute Gasteiger partial charge is 0.330 e. The maximum Gasteiger partial charge on any atom is 0.330 e. The Morgan fingerprint density at radius 1 is 0.949 bits per heavy atom. The first kappa shape index (κ1) is 27.2. The third kappa shape index (κ3) is 4.49. The normalized spacial score (nSPS) is 28.7. The number of hydrogen-bond acceptors (Lipinski definition) is 7. The van der Waals surface area contributed by atoms with Crippen LogP contribution in [0.25, 0.3) is 0 Å². The van der Waals surface area contributed by atoms with E-state index in [1.54, 1.807) is 13.8 Å². The molecular formula is C29H34N2O7S. The molecule has 2 amide bonds. The monoisotopic (exact) mass is 554 g/mol. The van der Waals surface area contributed by atoms with Gasteiger partial charge in [0, 0.05) is 11.3 Å². The van der Waals surface area contributed by atoms with Crippen LogP contribution in [-0.2, 0) is 37.1 Å². The van der Waals surface area contributed by atoms with Crippen LogP contribution in [0.1, 0.15) is 44.2 Å². The average molecular weight is 555 g/mol. The van der Waals surface area contributed by atoms with Gasteiger partial charge >= 0.3 is 11.9 Å². The number of likely N-dealkylation sites (tertiary alicyclic amines) is 1. The van der Waals surface area contributed by atoms with Crippen molar-refractivity contribution in [1.29, 1.82) is 0 Å². The van der Waals surface area contributed by atoms with Gasteiger partial charge in [0.25, 0.3) is 5.24 Å². The van der Waals surface area contributed by atoms with E-state index in [1.807, 2.05) is 60.7 Å². The number of hydrogen-bond donors (Lipinski definition) is 1. The molecule has 0 spiro atoms. The van der Waals surface area contributed by atoms with Gasteiger partial charge in [0.05, 0.1) is 17.7 Å². The molecule has 3 fully saturated rings. The van der Waals surface area contributed by atoms with Gasteiger partial charge in [-0.2, -0.15) is 0 Å². The highest BCUT2D eigenvalue weighted by molar-refractivity contribution is 8.46.